The Balaban J connectivity index is 1.82. The quantitative estimate of drug-likeness (QED) is 0.177. The first-order chi connectivity index (χ1) is 19.5. The number of aliphatic carboxylic acids is 1. The van der Waals surface area contributed by atoms with Crippen molar-refractivity contribution < 1.29 is 69.3 Å². The molecule has 0 bridgehead atoms. The van der Waals surface area contributed by atoms with Gasteiger partial charge in [0.25, 0.3) is 0 Å². The second-order valence-corrected chi connectivity index (χ2v) is 9.98. The van der Waals surface area contributed by atoms with E-state index in [2.05, 4.69) is 0 Å². The lowest BCUT2D eigenvalue weighted by atomic mass is 9.66. The summed E-state index contributed by atoms with van der Waals surface area (Å²) in [5, 5.41) is 82.8. The third kappa shape index (κ3) is 5.41. The Morgan fingerprint density at radius 2 is 1.46 bits per heavy atom. The van der Waals surface area contributed by atoms with Gasteiger partial charge < -0.3 is 64.5 Å². The van der Waals surface area contributed by atoms with Gasteiger partial charge in [-0.25, -0.2) is 4.79 Å². The Labute approximate surface area is 234 Å². The van der Waals surface area contributed by atoms with E-state index in [0.717, 1.165) is 0 Å². The van der Waals surface area contributed by atoms with Gasteiger partial charge in [0, 0.05) is 18.1 Å². The number of rotatable bonds is 9. The van der Waals surface area contributed by atoms with E-state index in [4.69, 9.17) is 23.7 Å². The van der Waals surface area contributed by atoms with Crippen LogP contribution in [-0.4, -0.2) is 112 Å². The number of carbonyl (C=O) groups is 1. The van der Waals surface area contributed by atoms with Crippen molar-refractivity contribution in [2.75, 3.05) is 34.5 Å². The largest absolute Gasteiger partial charge is 0.504 e. The summed E-state index contributed by atoms with van der Waals surface area (Å²) in [5.41, 5.74) is 1.23. The number of fused-ring (bicyclic) bond motifs is 1. The molecular weight excluding hydrogens is 548 g/mol. The van der Waals surface area contributed by atoms with E-state index in [-0.39, 0.29) is 48.2 Å². The SMILES string of the molecule is COc1cc([C@@H]2c3c(cc(OC)c(O)c3O)C[C@H](CO)[C@H]2CO[C@@H]2O[C@H](C(=O)O)[C@@H](O)[C@H](O)[C@H]2O)cc(OC)c1O. The van der Waals surface area contributed by atoms with Gasteiger partial charge >= 0.3 is 5.97 Å². The zero-order valence-electron chi connectivity index (χ0n) is 22.5. The summed E-state index contributed by atoms with van der Waals surface area (Å²) in [6.45, 7) is -0.683. The van der Waals surface area contributed by atoms with Crippen molar-refractivity contribution in [3.63, 3.8) is 0 Å². The van der Waals surface area contributed by atoms with Crippen LogP contribution in [0, 0.1) is 11.8 Å². The normalized spacial score (nSPS) is 29.4. The molecule has 0 spiro atoms. The van der Waals surface area contributed by atoms with E-state index >= 15 is 0 Å². The van der Waals surface area contributed by atoms with Crippen LogP contribution in [0.25, 0.3) is 0 Å². The molecule has 0 aromatic heterocycles. The number of benzene rings is 2. The summed E-state index contributed by atoms with van der Waals surface area (Å²) in [6.07, 6.45) is -8.95. The minimum atomic E-state index is -1.91. The van der Waals surface area contributed by atoms with Crippen molar-refractivity contribution in [2.24, 2.45) is 11.8 Å². The fraction of sp³-hybridized carbons (Fsp3) is 0.519. The number of aliphatic hydroxyl groups is 4. The van der Waals surface area contributed by atoms with Crippen LogP contribution >= 0.6 is 0 Å². The van der Waals surface area contributed by atoms with Gasteiger partial charge in [-0.2, -0.15) is 0 Å². The van der Waals surface area contributed by atoms with Gasteiger partial charge in [0.05, 0.1) is 27.9 Å². The fourth-order valence-corrected chi connectivity index (χ4v) is 5.63. The van der Waals surface area contributed by atoms with Gasteiger partial charge in [0.15, 0.2) is 35.4 Å². The maximum Gasteiger partial charge on any atom is 0.335 e. The lowest BCUT2D eigenvalue weighted by Crippen LogP contribution is -2.60. The average Bonchev–Trinajstić information content (AvgIpc) is 2.96. The van der Waals surface area contributed by atoms with Crippen LogP contribution in [-0.2, 0) is 20.7 Å². The molecule has 226 valence electrons. The van der Waals surface area contributed by atoms with E-state index in [1.807, 2.05) is 0 Å². The number of aliphatic hydroxyl groups excluding tert-OH is 4. The van der Waals surface area contributed by atoms with Crippen LogP contribution in [0.1, 0.15) is 22.6 Å². The summed E-state index contributed by atoms with van der Waals surface area (Å²) < 4.78 is 26.9. The van der Waals surface area contributed by atoms with E-state index in [9.17, 15) is 45.6 Å². The highest BCUT2D eigenvalue weighted by Crippen LogP contribution is 2.54. The summed E-state index contributed by atoms with van der Waals surface area (Å²) in [4.78, 5) is 11.5. The molecule has 2 aromatic carbocycles. The third-order valence-corrected chi connectivity index (χ3v) is 7.77. The molecule has 2 aliphatic rings. The Kier molecular flexibility index (Phi) is 9.01. The Hall–Kier alpha value is -3.53. The molecule has 8 atom stereocenters. The number of ether oxygens (including phenoxy) is 5. The molecule has 1 aliphatic carbocycles. The minimum Gasteiger partial charge on any atom is -0.504 e. The highest BCUT2D eigenvalue weighted by Gasteiger charge is 2.49. The topological polar surface area (TPSA) is 225 Å². The predicted octanol–water partition coefficient (Wildman–Crippen LogP) is -0.349. The Morgan fingerprint density at radius 1 is 0.878 bits per heavy atom. The molecular formula is C27H34O14. The first kappa shape index (κ1) is 30.4. The van der Waals surface area contributed by atoms with Crippen molar-refractivity contribution in [1.82, 2.24) is 0 Å². The van der Waals surface area contributed by atoms with Gasteiger partial charge in [-0.3, -0.25) is 0 Å². The molecule has 8 N–H and O–H groups in total. The molecule has 0 unspecified atom stereocenters. The van der Waals surface area contributed by atoms with Crippen LogP contribution in [0.3, 0.4) is 0 Å². The molecule has 14 heteroatoms. The number of carboxylic acid groups (broad SMARTS) is 1. The molecule has 2 aromatic rings. The summed E-state index contributed by atoms with van der Waals surface area (Å²) in [7, 11) is 3.99. The van der Waals surface area contributed by atoms with Crippen molar-refractivity contribution >= 4 is 5.97 Å². The predicted molar refractivity (Wildman–Crippen MR) is 137 cm³/mol. The maximum atomic E-state index is 11.5. The first-order valence-corrected chi connectivity index (χ1v) is 12.7. The molecule has 1 aliphatic heterocycles. The summed E-state index contributed by atoms with van der Waals surface area (Å²) in [5.74, 6) is -4.93. The van der Waals surface area contributed by atoms with Crippen LogP contribution in [0.2, 0.25) is 0 Å². The monoisotopic (exact) mass is 582 g/mol. The number of methoxy groups -OCH3 is 3. The summed E-state index contributed by atoms with van der Waals surface area (Å²) in [6, 6.07) is 4.52. The molecule has 1 heterocycles. The zero-order chi connectivity index (χ0) is 30.2. The molecule has 0 amide bonds. The Morgan fingerprint density at radius 3 is 2.00 bits per heavy atom. The molecule has 1 saturated heterocycles. The average molecular weight is 583 g/mol. The number of carboxylic acids is 1. The zero-order valence-corrected chi connectivity index (χ0v) is 22.5. The van der Waals surface area contributed by atoms with Gasteiger partial charge in [-0.15, -0.1) is 0 Å². The van der Waals surface area contributed by atoms with Crippen LogP contribution in [0.4, 0.5) is 0 Å². The van der Waals surface area contributed by atoms with Gasteiger partial charge in [-0.1, -0.05) is 0 Å². The number of hydrogen-bond donors (Lipinski definition) is 8. The van der Waals surface area contributed by atoms with E-state index in [1.54, 1.807) is 0 Å². The first-order valence-electron chi connectivity index (χ1n) is 12.7. The number of aromatic hydroxyl groups is 3. The minimum absolute atomic E-state index is 0.0123. The fourth-order valence-electron chi connectivity index (χ4n) is 5.63. The van der Waals surface area contributed by atoms with Gasteiger partial charge in [0.2, 0.25) is 11.5 Å². The molecule has 14 nitrogen and oxygen atoms in total. The maximum absolute atomic E-state index is 11.5. The van der Waals surface area contributed by atoms with Gasteiger partial charge in [0.1, 0.15) is 18.3 Å². The van der Waals surface area contributed by atoms with E-state index in [0.29, 0.717) is 11.1 Å². The molecule has 0 saturated carbocycles. The van der Waals surface area contributed by atoms with Crippen LogP contribution in [0.5, 0.6) is 34.5 Å². The highest BCUT2D eigenvalue weighted by molar-refractivity contribution is 5.73. The van der Waals surface area contributed by atoms with Crippen LogP contribution < -0.4 is 14.2 Å². The second kappa shape index (κ2) is 12.1. The van der Waals surface area contributed by atoms with Crippen molar-refractivity contribution in [3.05, 3.63) is 34.9 Å². The Bertz CT molecular complexity index is 1240. The van der Waals surface area contributed by atoms with Crippen molar-refractivity contribution in [1.29, 1.82) is 0 Å². The van der Waals surface area contributed by atoms with Crippen LogP contribution in [0.15, 0.2) is 18.2 Å². The number of phenols is 3. The summed E-state index contributed by atoms with van der Waals surface area (Å²) >= 11 is 0. The molecule has 4 rings (SSSR count). The van der Waals surface area contributed by atoms with E-state index < -0.39 is 65.9 Å². The van der Waals surface area contributed by atoms with Crippen molar-refractivity contribution in [3.8, 4) is 34.5 Å². The molecule has 1 fully saturated rings. The van der Waals surface area contributed by atoms with Crippen molar-refractivity contribution in [2.45, 2.75) is 43.0 Å². The smallest absolute Gasteiger partial charge is 0.335 e. The molecule has 41 heavy (non-hydrogen) atoms. The van der Waals surface area contributed by atoms with Gasteiger partial charge in [-0.05, 0) is 47.6 Å². The second-order valence-electron chi connectivity index (χ2n) is 9.98. The molecule has 0 radical (unpaired) electrons. The lowest BCUT2D eigenvalue weighted by Gasteiger charge is -2.42. The standard InChI is InChI=1S/C27H34O14/c1-37-14-6-11(7-15(38-2)19(14)29)17-13(9-40-27-24(34)22(32)23(33)25(41-27)26(35)36)12(8-28)4-10-5-16(39-3)20(30)21(31)18(10)17/h5-7,12-13,17,22-25,27-34H,4,8-9H2,1-3H3,(H,35,36)/t12-,13-,17+,22+,23+,24-,25+,27-/m1/s1. The number of hydrogen-bond acceptors (Lipinski definition) is 13. The lowest BCUT2D eigenvalue weighted by molar-refractivity contribution is -0.297. The third-order valence-electron chi connectivity index (χ3n) is 7.77. The number of phenolic OH excluding ortho intramolecular Hbond substituents is 3. The van der Waals surface area contributed by atoms with E-state index in [1.165, 1.54) is 39.5 Å². The highest BCUT2D eigenvalue weighted by atomic mass is 16.7.